The van der Waals surface area contributed by atoms with Crippen LogP contribution in [-0.4, -0.2) is 66.9 Å². The topological polar surface area (TPSA) is 105 Å². The molecular formula is C19H28N4O4. The highest BCUT2D eigenvalue weighted by atomic mass is 16.5. The number of methoxy groups -OCH3 is 1. The molecule has 0 aromatic heterocycles. The van der Waals surface area contributed by atoms with Crippen molar-refractivity contribution in [2.24, 2.45) is 5.73 Å². The van der Waals surface area contributed by atoms with Gasteiger partial charge in [0.1, 0.15) is 11.8 Å². The highest BCUT2D eigenvalue weighted by molar-refractivity contribution is 5.93. The lowest BCUT2D eigenvalue weighted by Crippen LogP contribution is -2.53. The lowest BCUT2D eigenvalue weighted by Gasteiger charge is -2.35. The Hall–Kier alpha value is -2.61. The van der Waals surface area contributed by atoms with Gasteiger partial charge in [0.15, 0.2) is 0 Å². The van der Waals surface area contributed by atoms with E-state index in [-0.39, 0.29) is 24.9 Å². The first-order valence-electron chi connectivity index (χ1n) is 9.19. The fourth-order valence-corrected chi connectivity index (χ4v) is 3.17. The number of anilines is 1. The SMILES string of the molecule is CCN(CC(=O)Nc1ccc(OC)cc1)CC(=O)N1CCCC[C@@H]1C(N)=O. The zero-order chi connectivity index (χ0) is 19.8. The largest absolute Gasteiger partial charge is 0.497 e. The maximum Gasteiger partial charge on any atom is 0.240 e. The van der Waals surface area contributed by atoms with Gasteiger partial charge in [-0.3, -0.25) is 19.3 Å². The molecule has 0 radical (unpaired) electrons. The van der Waals surface area contributed by atoms with E-state index in [2.05, 4.69) is 5.32 Å². The van der Waals surface area contributed by atoms with E-state index in [0.717, 1.165) is 12.8 Å². The van der Waals surface area contributed by atoms with Gasteiger partial charge in [0, 0.05) is 12.2 Å². The van der Waals surface area contributed by atoms with Gasteiger partial charge in [-0.25, -0.2) is 0 Å². The van der Waals surface area contributed by atoms with E-state index in [1.165, 1.54) is 0 Å². The minimum Gasteiger partial charge on any atom is -0.497 e. The molecule has 1 aromatic rings. The van der Waals surface area contributed by atoms with Crippen molar-refractivity contribution in [3.63, 3.8) is 0 Å². The molecule has 1 aromatic carbocycles. The predicted octanol–water partition coefficient (Wildman–Crippen LogP) is 0.822. The molecule has 148 valence electrons. The Balaban J connectivity index is 1.90. The van der Waals surface area contributed by atoms with Crippen LogP contribution in [0, 0.1) is 0 Å². The van der Waals surface area contributed by atoms with E-state index >= 15 is 0 Å². The molecule has 1 atom stereocenters. The van der Waals surface area contributed by atoms with Crippen LogP contribution in [0.3, 0.4) is 0 Å². The van der Waals surface area contributed by atoms with Gasteiger partial charge in [-0.2, -0.15) is 0 Å². The summed E-state index contributed by atoms with van der Waals surface area (Å²) in [6, 6.07) is 6.49. The second-order valence-corrected chi connectivity index (χ2v) is 6.58. The standard InChI is InChI=1S/C19H28N4O4/c1-3-22(12-17(24)21-14-7-9-15(27-2)10-8-14)13-18(25)23-11-5-4-6-16(23)19(20)26/h7-10,16H,3-6,11-13H2,1-2H3,(H2,20,26)(H,21,24)/t16-/m1/s1. The van der Waals surface area contributed by atoms with Gasteiger partial charge in [-0.1, -0.05) is 6.92 Å². The average Bonchev–Trinajstić information content (AvgIpc) is 2.67. The molecule has 0 aliphatic carbocycles. The summed E-state index contributed by atoms with van der Waals surface area (Å²) in [6.45, 7) is 3.12. The Kier molecular flexibility index (Phi) is 7.60. The molecule has 1 aliphatic heterocycles. The third-order valence-electron chi connectivity index (χ3n) is 4.70. The third-order valence-corrected chi connectivity index (χ3v) is 4.70. The third kappa shape index (κ3) is 5.96. The number of likely N-dealkylation sites (tertiary alicyclic amines) is 1. The molecule has 0 saturated carbocycles. The fourth-order valence-electron chi connectivity index (χ4n) is 3.17. The average molecular weight is 376 g/mol. The first-order chi connectivity index (χ1) is 12.9. The van der Waals surface area contributed by atoms with Crippen molar-refractivity contribution < 1.29 is 19.1 Å². The summed E-state index contributed by atoms with van der Waals surface area (Å²) < 4.78 is 5.09. The van der Waals surface area contributed by atoms with Crippen LogP contribution in [0.5, 0.6) is 5.75 Å². The molecule has 0 unspecified atom stereocenters. The number of likely N-dealkylation sites (N-methyl/N-ethyl adjacent to an activating group) is 1. The Morgan fingerprint density at radius 3 is 2.52 bits per heavy atom. The van der Waals surface area contributed by atoms with Crippen molar-refractivity contribution in [3.8, 4) is 5.75 Å². The molecule has 8 heteroatoms. The number of carbonyl (C=O) groups excluding carboxylic acids is 3. The number of primary amides is 1. The van der Waals surface area contributed by atoms with Crippen LogP contribution in [0.4, 0.5) is 5.69 Å². The van der Waals surface area contributed by atoms with E-state index in [1.54, 1.807) is 41.2 Å². The quantitative estimate of drug-likeness (QED) is 0.699. The first kappa shape index (κ1) is 20.7. The summed E-state index contributed by atoms with van der Waals surface area (Å²) in [5.41, 5.74) is 6.09. The lowest BCUT2D eigenvalue weighted by atomic mass is 10.0. The molecular weight excluding hydrogens is 348 g/mol. The summed E-state index contributed by atoms with van der Waals surface area (Å²) in [5.74, 6) is -0.139. The van der Waals surface area contributed by atoms with E-state index in [1.807, 2.05) is 6.92 Å². The number of nitrogens with zero attached hydrogens (tertiary/aromatic N) is 2. The molecule has 1 saturated heterocycles. The van der Waals surface area contributed by atoms with Crippen LogP contribution < -0.4 is 15.8 Å². The minimum absolute atomic E-state index is 0.0797. The van der Waals surface area contributed by atoms with Gasteiger partial charge in [0.25, 0.3) is 0 Å². The van der Waals surface area contributed by atoms with Crippen LogP contribution >= 0.6 is 0 Å². The minimum atomic E-state index is -0.543. The van der Waals surface area contributed by atoms with Crippen LogP contribution in [0.25, 0.3) is 0 Å². The van der Waals surface area contributed by atoms with E-state index in [0.29, 0.717) is 30.9 Å². The maximum atomic E-state index is 12.6. The van der Waals surface area contributed by atoms with Gasteiger partial charge < -0.3 is 20.7 Å². The number of ether oxygens (including phenoxy) is 1. The highest BCUT2D eigenvalue weighted by Gasteiger charge is 2.31. The second kappa shape index (κ2) is 9.91. The number of piperidine rings is 1. The Labute approximate surface area is 159 Å². The van der Waals surface area contributed by atoms with E-state index < -0.39 is 11.9 Å². The summed E-state index contributed by atoms with van der Waals surface area (Å²) in [5, 5.41) is 2.80. The summed E-state index contributed by atoms with van der Waals surface area (Å²) in [6.07, 6.45) is 2.35. The molecule has 1 heterocycles. The van der Waals surface area contributed by atoms with Crippen LogP contribution in [0.1, 0.15) is 26.2 Å². The van der Waals surface area contributed by atoms with Gasteiger partial charge in [-0.15, -0.1) is 0 Å². The number of nitrogens with two attached hydrogens (primary N) is 1. The second-order valence-electron chi connectivity index (χ2n) is 6.58. The lowest BCUT2D eigenvalue weighted by molar-refractivity contribution is -0.142. The molecule has 0 bridgehead atoms. The number of amides is 3. The van der Waals surface area contributed by atoms with Gasteiger partial charge in [-0.05, 0) is 50.1 Å². The monoisotopic (exact) mass is 376 g/mol. The molecule has 2 rings (SSSR count). The predicted molar refractivity (Wildman–Crippen MR) is 102 cm³/mol. The van der Waals surface area contributed by atoms with Crippen molar-refractivity contribution in [2.45, 2.75) is 32.2 Å². The fraction of sp³-hybridized carbons (Fsp3) is 0.526. The van der Waals surface area contributed by atoms with E-state index in [9.17, 15) is 14.4 Å². The number of hydrogen-bond acceptors (Lipinski definition) is 5. The summed E-state index contributed by atoms with van der Waals surface area (Å²) >= 11 is 0. The number of rotatable bonds is 8. The molecule has 0 spiro atoms. The Bertz CT molecular complexity index is 662. The number of nitrogens with one attached hydrogen (secondary N) is 1. The normalized spacial score (nSPS) is 16.9. The Morgan fingerprint density at radius 1 is 1.22 bits per heavy atom. The molecule has 8 nitrogen and oxygen atoms in total. The molecule has 3 N–H and O–H groups in total. The highest BCUT2D eigenvalue weighted by Crippen LogP contribution is 2.17. The van der Waals surface area contributed by atoms with Crippen molar-refractivity contribution in [2.75, 3.05) is 38.6 Å². The van der Waals surface area contributed by atoms with Gasteiger partial charge >= 0.3 is 0 Å². The van der Waals surface area contributed by atoms with Crippen molar-refractivity contribution >= 4 is 23.4 Å². The van der Waals surface area contributed by atoms with Gasteiger partial charge in [0.2, 0.25) is 17.7 Å². The first-order valence-corrected chi connectivity index (χ1v) is 9.19. The molecule has 3 amide bonds. The Morgan fingerprint density at radius 2 is 1.93 bits per heavy atom. The molecule has 27 heavy (non-hydrogen) atoms. The summed E-state index contributed by atoms with van der Waals surface area (Å²) in [7, 11) is 1.58. The van der Waals surface area contributed by atoms with Crippen molar-refractivity contribution in [1.82, 2.24) is 9.80 Å². The number of hydrogen-bond donors (Lipinski definition) is 2. The van der Waals surface area contributed by atoms with Crippen molar-refractivity contribution in [3.05, 3.63) is 24.3 Å². The zero-order valence-electron chi connectivity index (χ0n) is 15.9. The molecule has 1 fully saturated rings. The smallest absolute Gasteiger partial charge is 0.240 e. The van der Waals surface area contributed by atoms with Crippen LogP contribution in [-0.2, 0) is 14.4 Å². The zero-order valence-corrected chi connectivity index (χ0v) is 15.9. The van der Waals surface area contributed by atoms with Crippen molar-refractivity contribution in [1.29, 1.82) is 0 Å². The summed E-state index contributed by atoms with van der Waals surface area (Å²) in [4.78, 5) is 39.8. The molecule has 1 aliphatic rings. The van der Waals surface area contributed by atoms with Crippen LogP contribution in [0.15, 0.2) is 24.3 Å². The van der Waals surface area contributed by atoms with Crippen LogP contribution in [0.2, 0.25) is 0 Å². The number of carbonyl (C=O) groups is 3. The van der Waals surface area contributed by atoms with E-state index in [4.69, 9.17) is 10.5 Å². The number of benzene rings is 1. The van der Waals surface area contributed by atoms with Gasteiger partial charge in [0.05, 0.1) is 20.2 Å². The maximum absolute atomic E-state index is 12.6.